The smallest absolute Gasteiger partial charge is 0.227 e. The largest absolute Gasteiger partial charge is 0.323 e. The van der Waals surface area contributed by atoms with Crippen LogP contribution in [0.1, 0.15) is 13.3 Å². The maximum Gasteiger partial charge on any atom is 0.227 e. The van der Waals surface area contributed by atoms with Crippen LogP contribution in [-0.4, -0.2) is 5.91 Å². The second kappa shape index (κ2) is 3.81. The van der Waals surface area contributed by atoms with Gasteiger partial charge in [0, 0.05) is 5.92 Å². The Morgan fingerprint density at radius 3 is 2.50 bits per heavy atom. The van der Waals surface area contributed by atoms with Crippen LogP contribution in [0.15, 0.2) is 12.1 Å². The van der Waals surface area contributed by atoms with Crippen molar-refractivity contribution in [1.29, 1.82) is 0 Å². The quantitative estimate of drug-likeness (QED) is 0.776. The number of benzene rings is 1. The zero-order valence-electron chi connectivity index (χ0n) is 8.56. The SMILES string of the molecule is CC1CC1C(=O)Nc1ccc(F)c(F)c1F. The summed E-state index contributed by atoms with van der Waals surface area (Å²) in [5.41, 5.74) is -0.317. The van der Waals surface area contributed by atoms with Crippen molar-refractivity contribution in [1.82, 2.24) is 0 Å². The number of carbonyl (C=O) groups excluding carboxylic acids is 1. The van der Waals surface area contributed by atoms with Gasteiger partial charge in [0.05, 0.1) is 5.69 Å². The Bertz CT molecular complexity index is 447. The van der Waals surface area contributed by atoms with Crippen LogP contribution in [-0.2, 0) is 4.79 Å². The first-order chi connectivity index (χ1) is 7.50. The molecule has 1 aromatic carbocycles. The van der Waals surface area contributed by atoms with E-state index in [2.05, 4.69) is 5.32 Å². The van der Waals surface area contributed by atoms with E-state index in [0.717, 1.165) is 18.6 Å². The molecule has 0 bridgehead atoms. The van der Waals surface area contributed by atoms with Crippen molar-refractivity contribution in [3.05, 3.63) is 29.6 Å². The maximum absolute atomic E-state index is 13.2. The summed E-state index contributed by atoms with van der Waals surface area (Å²) in [4.78, 5) is 11.4. The summed E-state index contributed by atoms with van der Waals surface area (Å²) in [7, 11) is 0. The number of amides is 1. The minimum atomic E-state index is -1.57. The van der Waals surface area contributed by atoms with Crippen LogP contribution in [0.25, 0.3) is 0 Å². The maximum atomic E-state index is 13.2. The van der Waals surface area contributed by atoms with Gasteiger partial charge in [-0.3, -0.25) is 4.79 Å². The third kappa shape index (κ3) is 1.89. The van der Waals surface area contributed by atoms with Crippen molar-refractivity contribution >= 4 is 11.6 Å². The van der Waals surface area contributed by atoms with Crippen molar-refractivity contribution < 1.29 is 18.0 Å². The monoisotopic (exact) mass is 229 g/mol. The molecule has 0 aromatic heterocycles. The zero-order valence-corrected chi connectivity index (χ0v) is 8.56. The highest BCUT2D eigenvalue weighted by Gasteiger charge is 2.39. The van der Waals surface area contributed by atoms with Crippen LogP contribution in [0.5, 0.6) is 0 Å². The van der Waals surface area contributed by atoms with Crippen LogP contribution in [0.3, 0.4) is 0 Å². The lowest BCUT2D eigenvalue weighted by molar-refractivity contribution is -0.117. The molecule has 0 saturated heterocycles. The lowest BCUT2D eigenvalue weighted by atomic mass is 10.2. The predicted octanol–water partition coefficient (Wildman–Crippen LogP) is 2.70. The normalized spacial score (nSPS) is 23.0. The van der Waals surface area contributed by atoms with E-state index in [1.54, 1.807) is 0 Å². The molecule has 5 heteroatoms. The third-order valence-corrected chi connectivity index (χ3v) is 2.74. The highest BCUT2D eigenvalue weighted by Crippen LogP contribution is 2.38. The average molecular weight is 229 g/mol. The molecular formula is C11H10F3NO. The number of carbonyl (C=O) groups is 1. The molecule has 86 valence electrons. The Labute approximate surface area is 90.5 Å². The van der Waals surface area contributed by atoms with Crippen molar-refractivity contribution in [2.75, 3.05) is 5.32 Å². The molecule has 1 aromatic rings. The molecule has 0 radical (unpaired) electrons. The predicted molar refractivity (Wildman–Crippen MR) is 52.2 cm³/mol. The summed E-state index contributed by atoms with van der Waals surface area (Å²) in [5, 5.41) is 2.25. The Balaban J connectivity index is 2.16. The van der Waals surface area contributed by atoms with Crippen molar-refractivity contribution in [3.8, 4) is 0 Å². The summed E-state index contributed by atoms with van der Waals surface area (Å²) >= 11 is 0. The first-order valence-corrected chi connectivity index (χ1v) is 4.95. The molecule has 2 atom stereocenters. The molecule has 1 amide bonds. The average Bonchev–Trinajstić information content (AvgIpc) is 2.96. The van der Waals surface area contributed by atoms with Gasteiger partial charge in [0.25, 0.3) is 0 Å². The minimum Gasteiger partial charge on any atom is -0.323 e. The van der Waals surface area contributed by atoms with Gasteiger partial charge in [-0.1, -0.05) is 6.92 Å². The van der Waals surface area contributed by atoms with Gasteiger partial charge in [-0.05, 0) is 24.5 Å². The second-order valence-corrected chi connectivity index (χ2v) is 4.03. The van der Waals surface area contributed by atoms with E-state index in [0.29, 0.717) is 0 Å². The molecule has 16 heavy (non-hydrogen) atoms. The topological polar surface area (TPSA) is 29.1 Å². The molecule has 0 heterocycles. The summed E-state index contributed by atoms with van der Waals surface area (Å²) in [5.74, 6) is -4.42. The van der Waals surface area contributed by atoms with E-state index >= 15 is 0 Å². The molecule has 1 saturated carbocycles. The van der Waals surface area contributed by atoms with Gasteiger partial charge in [0.15, 0.2) is 17.5 Å². The van der Waals surface area contributed by atoms with Gasteiger partial charge in [0.1, 0.15) is 0 Å². The van der Waals surface area contributed by atoms with E-state index in [1.807, 2.05) is 6.92 Å². The van der Waals surface area contributed by atoms with Crippen LogP contribution < -0.4 is 5.32 Å². The number of hydrogen-bond donors (Lipinski definition) is 1. The molecule has 1 aliphatic rings. The summed E-state index contributed by atoms with van der Waals surface area (Å²) in [6.45, 7) is 1.89. The second-order valence-electron chi connectivity index (χ2n) is 4.03. The Kier molecular flexibility index (Phi) is 2.61. The number of anilines is 1. The van der Waals surface area contributed by atoms with Crippen molar-refractivity contribution in [2.45, 2.75) is 13.3 Å². The van der Waals surface area contributed by atoms with E-state index in [1.165, 1.54) is 0 Å². The zero-order chi connectivity index (χ0) is 11.9. The molecule has 0 spiro atoms. The molecule has 1 aliphatic carbocycles. The molecular weight excluding hydrogens is 219 g/mol. The molecule has 2 rings (SSSR count). The Hall–Kier alpha value is -1.52. The van der Waals surface area contributed by atoms with Crippen LogP contribution in [0, 0.1) is 29.3 Å². The fourth-order valence-electron chi connectivity index (χ4n) is 1.54. The van der Waals surface area contributed by atoms with E-state index in [-0.39, 0.29) is 23.4 Å². The minimum absolute atomic E-state index is 0.146. The Morgan fingerprint density at radius 1 is 1.31 bits per heavy atom. The van der Waals surface area contributed by atoms with E-state index in [9.17, 15) is 18.0 Å². The van der Waals surface area contributed by atoms with E-state index < -0.39 is 17.5 Å². The van der Waals surface area contributed by atoms with Gasteiger partial charge >= 0.3 is 0 Å². The van der Waals surface area contributed by atoms with Gasteiger partial charge < -0.3 is 5.32 Å². The fraction of sp³-hybridized carbons (Fsp3) is 0.364. The fourth-order valence-corrected chi connectivity index (χ4v) is 1.54. The summed E-state index contributed by atoms with van der Waals surface area (Å²) in [6.07, 6.45) is 0.747. The Morgan fingerprint density at radius 2 is 1.94 bits per heavy atom. The molecule has 1 N–H and O–H groups in total. The third-order valence-electron chi connectivity index (χ3n) is 2.74. The number of nitrogens with one attached hydrogen (secondary N) is 1. The number of halogens is 3. The van der Waals surface area contributed by atoms with Crippen molar-refractivity contribution in [2.24, 2.45) is 11.8 Å². The summed E-state index contributed by atoms with van der Waals surface area (Å²) in [6, 6.07) is 1.79. The molecule has 2 unspecified atom stereocenters. The van der Waals surface area contributed by atoms with Gasteiger partial charge in [0.2, 0.25) is 5.91 Å². The summed E-state index contributed by atoms with van der Waals surface area (Å²) < 4.78 is 38.6. The molecule has 0 aliphatic heterocycles. The lowest BCUT2D eigenvalue weighted by Crippen LogP contribution is -2.16. The van der Waals surface area contributed by atoms with Gasteiger partial charge in [-0.2, -0.15) is 0 Å². The standard InChI is InChI=1S/C11H10F3NO/c1-5-4-6(5)11(16)15-8-3-2-7(12)9(13)10(8)14/h2-3,5-6H,4H2,1H3,(H,15,16). The number of hydrogen-bond acceptors (Lipinski definition) is 1. The highest BCUT2D eigenvalue weighted by atomic mass is 19.2. The van der Waals surface area contributed by atoms with Crippen LogP contribution in [0.4, 0.5) is 18.9 Å². The molecule has 2 nitrogen and oxygen atoms in total. The molecule has 1 fully saturated rings. The van der Waals surface area contributed by atoms with Gasteiger partial charge in [-0.25, -0.2) is 13.2 Å². The first kappa shape index (κ1) is 11.0. The van der Waals surface area contributed by atoms with Gasteiger partial charge in [-0.15, -0.1) is 0 Å². The van der Waals surface area contributed by atoms with E-state index in [4.69, 9.17) is 0 Å². The first-order valence-electron chi connectivity index (χ1n) is 4.95. The lowest BCUT2D eigenvalue weighted by Gasteiger charge is -2.06. The number of rotatable bonds is 2. The van der Waals surface area contributed by atoms with Crippen LogP contribution in [0.2, 0.25) is 0 Å². The van der Waals surface area contributed by atoms with Crippen molar-refractivity contribution in [3.63, 3.8) is 0 Å². The highest BCUT2D eigenvalue weighted by molar-refractivity contribution is 5.94. The van der Waals surface area contributed by atoms with Crippen LogP contribution >= 0.6 is 0 Å².